The summed E-state index contributed by atoms with van der Waals surface area (Å²) in [5.74, 6) is 1.15. The Kier molecular flexibility index (Phi) is 3.30. The van der Waals surface area contributed by atoms with Crippen LogP contribution in [0.25, 0.3) is 0 Å². The molecule has 0 radical (unpaired) electrons. The molecule has 0 aliphatic carbocycles. The van der Waals surface area contributed by atoms with Gasteiger partial charge in [-0.1, -0.05) is 18.2 Å². The van der Waals surface area contributed by atoms with Gasteiger partial charge in [-0.25, -0.2) is 0 Å². The zero-order chi connectivity index (χ0) is 13.9. The van der Waals surface area contributed by atoms with Crippen molar-refractivity contribution < 1.29 is 14.6 Å². The van der Waals surface area contributed by atoms with Gasteiger partial charge in [-0.15, -0.1) is 0 Å². The number of rotatable bonds is 2. The zero-order valence-electron chi connectivity index (χ0n) is 10.4. The molecule has 0 atom stereocenters. The Bertz CT molecular complexity index is 646. The molecule has 0 fully saturated rings. The molecular formula is C14H12N2O3S. The second-order valence-corrected chi connectivity index (χ2v) is 4.58. The average Bonchev–Trinajstić information content (AvgIpc) is 2.87. The molecule has 2 aromatic carbocycles. The Morgan fingerprint density at radius 2 is 1.75 bits per heavy atom. The molecular weight excluding hydrogens is 276 g/mol. The van der Waals surface area contributed by atoms with E-state index in [0.717, 1.165) is 5.69 Å². The molecule has 0 spiro atoms. The van der Waals surface area contributed by atoms with E-state index in [9.17, 15) is 5.11 Å². The van der Waals surface area contributed by atoms with Crippen LogP contribution in [-0.4, -0.2) is 17.0 Å². The summed E-state index contributed by atoms with van der Waals surface area (Å²) < 4.78 is 10.4. The number of nitrogens with one attached hydrogen (secondary N) is 2. The van der Waals surface area contributed by atoms with Gasteiger partial charge in [0.2, 0.25) is 6.79 Å². The van der Waals surface area contributed by atoms with E-state index in [1.165, 1.54) is 6.07 Å². The summed E-state index contributed by atoms with van der Waals surface area (Å²) in [4.78, 5) is 0. The number of phenols is 1. The van der Waals surface area contributed by atoms with Crippen molar-refractivity contribution in [2.24, 2.45) is 0 Å². The van der Waals surface area contributed by atoms with Gasteiger partial charge in [0.15, 0.2) is 16.6 Å². The summed E-state index contributed by atoms with van der Waals surface area (Å²) in [7, 11) is 0. The maximum absolute atomic E-state index is 9.90. The van der Waals surface area contributed by atoms with Crippen molar-refractivity contribution in [3.05, 3.63) is 42.5 Å². The Hall–Kier alpha value is -2.47. The monoisotopic (exact) mass is 288 g/mol. The number of anilines is 2. The summed E-state index contributed by atoms with van der Waals surface area (Å²) >= 11 is 5.20. The van der Waals surface area contributed by atoms with Gasteiger partial charge in [-0.2, -0.15) is 0 Å². The van der Waals surface area contributed by atoms with Gasteiger partial charge in [0.05, 0.1) is 5.69 Å². The SMILES string of the molecule is Oc1cc2c(cc1NC(=S)Nc1ccccc1)OCO2. The lowest BCUT2D eigenvalue weighted by Gasteiger charge is -2.12. The minimum Gasteiger partial charge on any atom is -0.506 e. The van der Waals surface area contributed by atoms with Crippen molar-refractivity contribution in [3.63, 3.8) is 0 Å². The van der Waals surface area contributed by atoms with Gasteiger partial charge >= 0.3 is 0 Å². The highest BCUT2D eigenvalue weighted by molar-refractivity contribution is 7.80. The third-order valence-corrected chi connectivity index (χ3v) is 2.97. The van der Waals surface area contributed by atoms with Gasteiger partial charge in [0, 0.05) is 17.8 Å². The van der Waals surface area contributed by atoms with Crippen LogP contribution in [0, 0.1) is 0 Å². The van der Waals surface area contributed by atoms with E-state index in [4.69, 9.17) is 21.7 Å². The van der Waals surface area contributed by atoms with Crippen LogP contribution in [-0.2, 0) is 0 Å². The second kappa shape index (κ2) is 5.26. The normalized spacial score (nSPS) is 12.0. The fourth-order valence-corrected chi connectivity index (χ4v) is 2.07. The van der Waals surface area contributed by atoms with Crippen molar-refractivity contribution in [1.82, 2.24) is 0 Å². The predicted molar refractivity (Wildman–Crippen MR) is 80.5 cm³/mol. The smallest absolute Gasteiger partial charge is 0.231 e. The number of aromatic hydroxyl groups is 1. The van der Waals surface area contributed by atoms with Gasteiger partial charge in [0.1, 0.15) is 5.75 Å². The maximum atomic E-state index is 9.90. The van der Waals surface area contributed by atoms with Gasteiger partial charge < -0.3 is 25.2 Å². The fraction of sp³-hybridized carbons (Fsp3) is 0.0714. The highest BCUT2D eigenvalue weighted by Crippen LogP contribution is 2.40. The maximum Gasteiger partial charge on any atom is 0.231 e. The second-order valence-electron chi connectivity index (χ2n) is 4.17. The lowest BCUT2D eigenvalue weighted by Crippen LogP contribution is -2.19. The van der Waals surface area contributed by atoms with E-state index >= 15 is 0 Å². The van der Waals surface area contributed by atoms with Crippen molar-refractivity contribution in [1.29, 1.82) is 0 Å². The molecule has 0 unspecified atom stereocenters. The first kappa shape index (κ1) is 12.6. The van der Waals surface area contributed by atoms with E-state index in [1.807, 2.05) is 30.3 Å². The summed E-state index contributed by atoms with van der Waals surface area (Å²) in [5, 5.41) is 16.2. The predicted octanol–water partition coefficient (Wildman–Crippen LogP) is 2.93. The molecule has 0 saturated carbocycles. The van der Waals surface area contributed by atoms with Crippen molar-refractivity contribution >= 4 is 28.7 Å². The van der Waals surface area contributed by atoms with Crippen LogP contribution in [0.3, 0.4) is 0 Å². The molecule has 1 aliphatic heterocycles. The van der Waals surface area contributed by atoms with Crippen molar-refractivity contribution in [2.75, 3.05) is 17.4 Å². The summed E-state index contributed by atoms with van der Waals surface area (Å²) in [5.41, 5.74) is 1.33. The van der Waals surface area contributed by atoms with Crippen LogP contribution >= 0.6 is 12.2 Å². The zero-order valence-corrected chi connectivity index (χ0v) is 11.2. The third kappa shape index (κ3) is 2.60. The number of hydrogen-bond acceptors (Lipinski definition) is 4. The van der Waals surface area contributed by atoms with Crippen LogP contribution in [0.1, 0.15) is 0 Å². The molecule has 3 N–H and O–H groups in total. The van der Waals surface area contributed by atoms with Gasteiger partial charge in [-0.3, -0.25) is 0 Å². The van der Waals surface area contributed by atoms with Crippen LogP contribution in [0.5, 0.6) is 17.2 Å². The molecule has 2 aromatic rings. The minimum atomic E-state index is 0.0476. The van der Waals surface area contributed by atoms with E-state index in [2.05, 4.69) is 10.6 Å². The van der Waals surface area contributed by atoms with E-state index < -0.39 is 0 Å². The number of fused-ring (bicyclic) bond motifs is 1. The van der Waals surface area contributed by atoms with Crippen molar-refractivity contribution in [3.8, 4) is 17.2 Å². The first-order valence-corrected chi connectivity index (χ1v) is 6.39. The van der Waals surface area contributed by atoms with Crippen LogP contribution in [0.2, 0.25) is 0 Å². The topological polar surface area (TPSA) is 62.8 Å². The lowest BCUT2D eigenvalue weighted by molar-refractivity contribution is 0.174. The van der Waals surface area contributed by atoms with Gasteiger partial charge in [-0.05, 0) is 24.4 Å². The fourth-order valence-electron chi connectivity index (χ4n) is 1.84. The Balaban J connectivity index is 1.73. The molecule has 102 valence electrons. The van der Waals surface area contributed by atoms with Crippen molar-refractivity contribution in [2.45, 2.75) is 0 Å². The molecule has 0 bridgehead atoms. The van der Waals surface area contributed by atoms with E-state index in [1.54, 1.807) is 6.07 Å². The average molecular weight is 288 g/mol. The number of thiocarbonyl (C=S) groups is 1. The first-order valence-electron chi connectivity index (χ1n) is 5.98. The molecule has 0 saturated heterocycles. The molecule has 20 heavy (non-hydrogen) atoms. The highest BCUT2D eigenvalue weighted by Gasteiger charge is 2.17. The molecule has 5 nitrogen and oxygen atoms in total. The lowest BCUT2D eigenvalue weighted by atomic mass is 10.2. The molecule has 0 aromatic heterocycles. The molecule has 6 heteroatoms. The molecule has 0 amide bonds. The molecule has 1 heterocycles. The summed E-state index contributed by atoms with van der Waals surface area (Å²) in [6.45, 7) is 0.158. The molecule has 3 rings (SSSR count). The highest BCUT2D eigenvalue weighted by atomic mass is 32.1. The first-order chi connectivity index (χ1) is 9.72. The Morgan fingerprint density at radius 3 is 2.50 bits per heavy atom. The van der Waals surface area contributed by atoms with Crippen LogP contribution in [0.4, 0.5) is 11.4 Å². The van der Waals surface area contributed by atoms with Crippen LogP contribution < -0.4 is 20.1 Å². The standard InChI is InChI=1S/C14H12N2O3S/c17-11-7-13-12(18-8-19-13)6-10(11)16-14(20)15-9-4-2-1-3-5-9/h1-7,17H,8H2,(H2,15,16,20). The number of hydrogen-bond donors (Lipinski definition) is 3. The Morgan fingerprint density at radius 1 is 1.05 bits per heavy atom. The number of benzene rings is 2. The van der Waals surface area contributed by atoms with Gasteiger partial charge in [0.25, 0.3) is 0 Å². The third-order valence-electron chi connectivity index (χ3n) is 2.77. The minimum absolute atomic E-state index is 0.0476. The number of para-hydroxylation sites is 1. The van der Waals surface area contributed by atoms with E-state index in [0.29, 0.717) is 22.3 Å². The quantitative estimate of drug-likeness (QED) is 0.583. The molecule has 1 aliphatic rings. The van der Waals surface area contributed by atoms with E-state index in [-0.39, 0.29) is 12.5 Å². The number of ether oxygens (including phenoxy) is 2. The summed E-state index contributed by atoms with van der Waals surface area (Å²) in [6, 6.07) is 12.7. The summed E-state index contributed by atoms with van der Waals surface area (Å²) in [6.07, 6.45) is 0. The number of phenolic OH excluding ortho intramolecular Hbond substituents is 1. The largest absolute Gasteiger partial charge is 0.506 e. The van der Waals surface area contributed by atoms with Crippen LogP contribution in [0.15, 0.2) is 42.5 Å². The Labute approximate surface area is 121 Å².